The summed E-state index contributed by atoms with van der Waals surface area (Å²) in [5.74, 6) is 0.686. The van der Waals surface area contributed by atoms with Crippen LogP contribution in [-0.4, -0.2) is 44.6 Å². The van der Waals surface area contributed by atoms with Crippen molar-refractivity contribution in [2.45, 2.75) is 13.5 Å². The molecule has 1 N–H and O–H groups in total. The van der Waals surface area contributed by atoms with Crippen molar-refractivity contribution in [1.82, 2.24) is 24.0 Å². The minimum Gasteiger partial charge on any atom is -0.340 e. The molecule has 0 spiro atoms. The first kappa shape index (κ1) is 20.6. The van der Waals surface area contributed by atoms with Gasteiger partial charge in [-0.05, 0) is 56.9 Å². The molecule has 0 fully saturated rings. The topological polar surface area (TPSA) is 68.0 Å². The highest BCUT2D eigenvalue weighted by Gasteiger charge is 2.10. The molecule has 0 unspecified atom stereocenters. The van der Waals surface area contributed by atoms with E-state index in [2.05, 4.69) is 26.8 Å². The molecule has 0 saturated carbocycles. The van der Waals surface area contributed by atoms with Crippen LogP contribution in [0.2, 0.25) is 0 Å². The monoisotopic (exact) mass is 414 g/mol. The number of nitrogens with one attached hydrogen (secondary N) is 1. The fourth-order valence-corrected chi connectivity index (χ4v) is 3.38. The lowest BCUT2D eigenvalue weighted by molar-refractivity contribution is 0.380. The van der Waals surface area contributed by atoms with Crippen molar-refractivity contribution in [2.75, 3.05) is 26.0 Å². The molecule has 0 amide bonds. The van der Waals surface area contributed by atoms with Crippen molar-refractivity contribution < 1.29 is 0 Å². The van der Waals surface area contributed by atoms with Gasteiger partial charge in [0, 0.05) is 36.6 Å². The number of hydrogen-bond donors (Lipinski definition) is 1. The highest BCUT2D eigenvalue weighted by molar-refractivity contribution is 5.92. The zero-order valence-corrected chi connectivity index (χ0v) is 18.0. The summed E-state index contributed by atoms with van der Waals surface area (Å²) in [7, 11) is 3.98. The number of likely N-dealkylation sites (N-methyl/N-ethyl adjacent to an activating group) is 1. The summed E-state index contributed by atoms with van der Waals surface area (Å²) in [5, 5.41) is 4.22. The van der Waals surface area contributed by atoms with E-state index in [1.165, 1.54) is 6.33 Å². The van der Waals surface area contributed by atoms with E-state index < -0.39 is 0 Å². The minimum atomic E-state index is -0.0679. The average molecular weight is 415 g/mol. The molecule has 7 heteroatoms. The second kappa shape index (κ2) is 8.57. The number of nitrogens with zero attached hydrogens (tertiary/aromatic N) is 5. The molecule has 0 saturated heterocycles. The molecule has 0 aliphatic carbocycles. The van der Waals surface area contributed by atoms with Gasteiger partial charge in [-0.15, -0.1) is 0 Å². The molecule has 158 valence electrons. The number of rotatable bonds is 7. The standard InChI is InChI=1S/C24H26N6O/c1-17(2)18-6-5-7-19(14-18)27-23-21-15-20(8-9-22(21)25-16-26-23)30-13-12-29(24(30)31)11-10-28(3)4/h5-9,12-16H,1,10-11H2,2-4H3,(H,25,26,27). The minimum absolute atomic E-state index is 0.0679. The molecule has 31 heavy (non-hydrogen) atoms. The molecule has 7 nitrogen and oxygen atoms in total. The van der Waals surface area contributed by atoms with Gasteiger partial charge in [0.2, 0.25) is 0 Å². The van der Waals surface area contributed by atoms with Gasteiger partial charge in [-0.25, -0.2) is 14.8 Å². The molecule has 0 aliphatic rings. The predicted molar refractivity (Wildman–Crippen MR) is 126 cm³/mol. The maximum absolute atomic E-state index is 12.8. The van der Waals surface area contributed by atoms with Gasteiger partial charge < -0.3 is 10.2 Å². The van der Waals surface area contributed by atoms with Crippen LogP contribution in [0.5, 0.6) is 0 Å². The fraction of sp³-hybridized carbons (Fsp3) is 0.208. The first-order valence-electron chi connectivity index (χ1n) is 10.1. The highest BCUT2D eigenvalue weighted by Crippen LogP contribution is 2.26. The Bertz CT molecular complexity index is 1300. The molecule has 2 aromatic carbocycles. The SMILES string of the molecule is C=C(C)c1cccc(Nc2ncnc3ccc(-n4ccn(CCN(C)C)c4=O)cc23)c1. The van der Waals surface area contributed by atoms with E-state index in [0.29, 0.717) is 12.4 Å². The molecular weight excluding hydrogens is 388 g/mol. The van der Waals surface area contributed by atoms with Crippen LogP contribution in [0.15, 0.2) is 72.6 Å². The van der Waals surface area contributed by atoms with Crippen molar-refractivity contribution in [3.8, 4) is 5.69 Å². The van der Waals surface area contributed by atoms with Gasteiger partial charge in [-0.2, -0.15) is 0 Å². The summed E-state index contributed by atoms with van der Waals surface area (Å²) in [6.07, 6.45) is 5.16. The van der Waals surface area contributed by atoms with E-state index >= 15 is 0 Å². The molecule has 0 aliphatic heterocycles. The smallest absolute Gasteiger partial charge is 0.332 e. The van der Waals surface area contributed by atoms with Crippen LogP contribution in [0.4, 0.5) is 11.5 Å². The Hall–Kier alpha value is -3.71. The zero-order chi connectivity index (χ0) is 22.0. The predicted octanol–water partition coefficient (Wildman–Crippen LogP) is 3.92. The first-order chi connectivity index (χ1) is 14.9. The summed E-state index contributed by atoms with van der Waals surface area (Å²) in [5.41, 5.74) is 4.48. The van der Waals surface area contributed by atoms with Crippen LogP contribution in [0.3, 0.4) is 0 Å². The largest absolute Gasteiger partial charge is 0.340 e. The number of anilines is 2. The first-order valence-corrected chi connectivity index (χ1v) is 10.1. The van der Waals surface area contributed by atoms with Crippen LogP contribution in [0, 0.1) is 0 Å². The maximum Gasteiger partial charge on any atom is 0.332 e. The van der Waals surface area contributed by atoms with E-state index in [0.717, 1.165) is 40.0 Å². The molecule has 4 rings (SSSR count). The van der Waals surface area contributed by atoms with Gasteiger partial charge in [-0.1, -0.05) is 24.3 Å². The Kier molecular flexibility index (Phi) is 5.68. The van der Waals surface area contributed by atoms with Crippen LogP contribution >= 0.6 is 0 Å². The normalized spacial score (nSPS) is 11.2. The molecule has 2 aromatic heterocycles. The summed E-state index contributed by atoms with van der Waals surface area (Å²) in [4.78, 5) is 23.7. The van der Waals surface area contributed by atoms with Crippen molar-refractivity contribution in [3.05, 3.63) is 83.8 Å². The summed E-state index contributed by atoms with van der Waals surface area (Å²) < 4.78 is 3.36. The lowest BCUT2D eigenvalue weighted by Gasteiger charge is -2.11. The van der Waals surface area contributed by atoms with Gasteiger partial charge in [0.15, 0.2) is 0 Å². The summed E-state index contributed by atoms with van der Waals surface area (Å²) in [6, 6.07) is 13.8. The van der Waals surface area contributed by atoms with Crippen molar-refractivity contribution in [2.24, 2.45) is 0 Å². The number of imidazole rings is 1. The second-order valence-corrected chi connectivity index (χ2v) is 7.86. The Morgan fingerprint density at radius 3 is 2.74 bits per heavy atom. The fourth-order valence-electron chi connectivity index (χ4n) is 3.38. The molecule has 2 heterocycles. The van der Waals surface area contributed by atoms with E-state index in [1.807, 2.05) is 69.7 Å². The number of fused-ring (bicyclic) bond motifs is 1. The lowest BCUT2D eigenvalue weighted by Crippen LogP contribution is -2.27. The van der Waals surface area contributed by atoms with Gasteiger partial charge in [-0.3, -0.25) is 9.13 Å². The Morgan fingerprint density at radius 2 is 1.97 bits per heavy atom. The highest BCUT2D eigenvalue weighted by atomic mass is 16.1. The lowest BCUT2D eigenvalue weighted by atomic mass is 10.1. The molecule has 0 atom stereocenters. The number of benzene rings is 2. The van der Waals surface area contributed by atoms with E-state index in [1.54, 1.807) is 15.3 Å². The summed E-state index contributed by atoms with van der Waals surface area (Å²) >= 11 is 0. The quantitative estimate of drug-likeness (QED) is 0.496. The zero-order valence-electron chi connectivity index (χ0n) is 18.0. The van der Waals surface area contributed by atoms with Crippen LogP contribution in [0.1, 0.15) is 12.5 Å². The van der Waals surface area contributed by atoms with Crippen molar-refractivity contribution >= 4 is 28.0 Å². The van der Waals surface area contributed by atoms with Crippen LogP contribution < -0.4 is 11.0 Å². The van der Waals surface area contributed by atoms with Crippen LogP contribution in [-0.2, 0) is 6.54 Å². The van der Waals surface area contributed by atoms with Gasteiger partial charge in [0.1, 0.15) is 12.1 Å². The third-order valence-electron chi connectivity index (χ3n) is 5.15. The van der Waals surface area contributed by atoms with Crippen molar-refractivity contribution in [1.29, 1.82) is 0 Å². The van der Waals surface area contributed by atoms with Crippen molar-refractivity contribution in [3.63, 3.8) is 0 Å². The maximum atomic E-state index is 12.8. The van der Waals surface area contributed by atoms with Gasteiger partial charge in [0.05, 0.1) is 11.2 Å². The molecular formula is C24H26N6O. The van der Waals surface area contributed by atoms with Crippen LogP contribution in [0.25, 0.3) is 22.2 Å². The summed E-state index contributed by atoms with van der Waals surface area (Å²) in [6.45, 7) is 7.43. The second-order valence-electron chi connectivity index (χ2n) is 7.86. The van der Waals surface area contributed by atoms with Gasteiger partial charge >= 0.3 is 5.69 Å². The van der Waals surface area contributed by atoms with E-state index in [9.17, 15) is 4.79 Å². The van der Waals surface area contributed by atoms with Gasteiger partial charge in [0.25, 0.3) is 0 Å². The average Bonchev–Trinajstić information content (AvgIpc) is 3.12. The Morgan fingerprint density at radius 1 is 1.13 bits per heavy atom. The number of allylic oxidation sites excluding steroid dienone is 1. The van der Waals surface area contributed by atoms with E-state index in [4.69, 9.17) is 0 Å². The third-order valence-corrected chi connectivity index (χ3v) is 5.15. The third kappa shape index (κ3) is 4.41. The Balaban J connectivity index is 1.71. The Labute approximate surface area is 181 Å². The number of hydrogen-bond acceptors (Lipinski definition) is 5. The van der Waals surface area contributed by atoms with E-state index in [-0.39, 0.29) is 5.69 Å². The molecule has 0 radical (unpaired) electrons. The molecule has 4 aromatic rings. The molecule has 0 bridgehead atoms. The number of aromatic nitrogens is 4.